The minimum absolute atomic E-state index is 0.0563. The first-order valence-electron chi connectivity index (χ1n) is 4.34. The lowest BCUT2D eigenvalue weighted by Gasteiger charge is -2.07. The Hall–Kier alpha value is -1.09. The highest BCUT2D eigenvalue weighted by Crippen LogP contribution is 2.32. The summed E-state index contributed by atoms with van der Waals surface area (Å²) in [4.78, 5) is 10.9. The number of carbonyl (C=O) groups is 1. The second-order valence-corrected chi connectivity index (χ2v) is 3.72. The van der Waals surface area contributed by atoms with Gasteiger partial charge in [-0.2, -0.15) is 0 Å². The predicted molar refractivity (Wildman–Crippen MR) is 50.4 cm³/mol. The molecule has 0 heterocycles. The molecule has 0 saturated heterocycles. The average Bonchev–Trinajstić information content (AvgIpc) is 2.52. The predicted octanol–water partition coefficient (Wildman–Crippen LogP) is 2.67. The van der Waals surface area contributed by atoms with Crippen molar-refractivity contribution in [2.75, 3.05) is 0 Å². The van der Waals surface area contributed by atoms with Crippen LogP contribution in [0.5, 0.6) is 0 Å². The van der Waals surface area contributed by atoms with Crippen LogP contribution in [0.2, 0.25) is 5.02 Å². The molecule has 0 amide bonds. The van der Waals surface area contributed by atoms with Crippen molar-refractivity contribution in [3.05, 3.63) is 33.6 Å². The van der Waals surface area contributed by atoms with E-state index in [0.717, 1.165) is 18.4 Å². The molecule has 74 valence electrons. The van der Waals surface area contributed by atoms with Crippen LogP contribution >= 0.6 is 11.6 Å². The van der Waals surface area contributed by atoms with Gasteiger partial charge in [0.25, 0.3) is 0 Å². The highest BCUT2D eigenvalue weighted by atomic mass is 35.5. The molecule has 2 nitrogen and oxygen atoms in total. The van der Waals surface area contributed by atoms with Crippen molar-refractivity contribution in [2.45, 2.75) is 19.3 Å². The van der Waals surface area contributed by atoms with E-state index in [4.69, 9.17) is 16.7 Å². The SMILES string of the molecule is O=C(O)c1c(Cl)c(F)cc2c1CCC2. The number of hydrogen-bond donors (Lipinski definition) is 1. The Labute approximate surface area is 85.3 Å². The Balaban J connectivity index is 2.72. The quantitative estimate of drug-likeness (QED) is 0.781. The lowest BCUT2D eigenvalue weighted by molar-refractivity contribution is 0.0695. The van der Waals surface area contributed by atoms with Crippen LogP contribution < -0.4 is 0 Å². The van der Waals surface area contributed by atoms with Gasteiger partial charge in [-0.1, -0.05) is 11.6 Å². The van der Waals surface area contributed by atoms with Crippen molar-refractivity contribution in [3.8, 4) is 0 Å². The first-order chi connectivity index (χ1) is 6.61. The van der Waals surface area contributed by atoms with Crippen LogP contribution in [0.25, 0.3) is 0 Å². The van der Waals surface area contributed by atoms with Crippen molar-refractivity contribution in [1.29, 1.82) is 0 Å². The zero-order valence-corrected chi connectivity index (χ0v) is 8.07. The third kappa shape index (κ3) is 1.28. The molecule has 0 saturated carbocycles. The zero-order chi connectivity index (χ0) is 10.3. The van der Waals surface area contributed by atoms with E-state index in [2.05, 4.69) is 0 Å². The van der Waals surface area contributed by atoms with Crippen LogP contribution in [0.15, 0.2) is 6.07 Å². The molecule has 1 N–H and O–H groups in total. The number of halogens is 2. The van der Waals surface area contributed by atoms with Crippen LogP contribution in [-0.2, 0) is 12.8 Å². The molecule has 0 fully saturated rings. The third-order valence-corrected chi connectivity index (χ3v) is 2.88. The molecule has 0 aliphatic heterocycles. The average molecular weight is 215 g/mol. The summed E-state index contributed by atoms with van der Waals surface area (Å²) in [5.74, 6) is -1.78. The molecule has 0 spiro atoms. The summed E-state index contributed by atoms with van der Waals surface area (Å²) >= 11 is 5.62. The highest BCUT2D eigenvalue weighted by Gasteiger charge is 2.24. The second-order valence-electron chi connectivity index (χ2n) is 3.34. The summed E-state index contributed by atoms with van der Waals surface area (Å²) < 4.78 is 13.2. The molecule has 2 rings (SSSR count). The van der Waals surface area contributed by atoms with E-state index in [9.17, 15) is 9.18 Å². The maximum Gasteiger partial charge on any atom is 0.337 e. The van der Waals surface area contributed by atoms with Gasteiger partial charge in [-0.25, -0.2) is 9.18 Å². The van der Waals surface area contributed by atoms with E-state index < -0.39 is 11.8 Å². The van der Waals surface area contributed by atoms with Gasteiger partial charge in [0.1, 0.15) is 5.82 Å². The fraction of sp³-hybridized carbons (Fsp3) is 0.300. The maximum absolute atomic E-state index is 13.2. The van der Waals surface area contributed by atoms with E-state index in [1.165, 1.54) is 6.07 Å². The van der Waals surface area contributed by atoms with Gasteiger partial charge < -0.3 is 5.11 Å². The molecular formula is C10H8ClFO2. The smallest absolute Gasteiger partial charge is 0.337 e. The van der Waals surface area contributed by atoms with Crippen molar-refractivity contribution >= 4 is 17.6 Å². The lowest BCUT2D eigenvalue weighted by atomic mass is 10.0. The van der Waals surface area contributed by atoms with Gasteiger partial charge in [0, 0.05) is 0 Å². The van der Waals surface area contributed by atoms with Crippen molar-refractivity contribution in [2.24, 2.45) is 0 Å². The molecule has 1 aliphatic carbocycles. The monoisotopic (exact) mass is 214 g/mol. The summed E-state index contributed by atoms with van der Waals surface area (Å²) in [5.41, 5.74) is 1.42. The van der Waals surface area contributed by atoms with Gasteiger partial charge in [0.15, 0.2) is 0 Å². The van der Waals surface area contributed by atoms with Gasteiger partial charge in [-0.3, -0.25) is 0 Å². The summed E-state index contributed by atoms with van der Waals surface area (Å²) in [6.07, 6.45) is 2.29. The largest absolute Gasteiger partial charge is 0.478 e. The number of fused-ring (bicyclic) bond motifs is 1. The molecule has 4 heteroatoms. The summed E-state index contributed by atoms with van der Waals surface area (Å²) in [5, 5.41) is 8.64. The molecule has 0 unspecified atom stereocenters. The molecule has 1 aromatic carbocycles. The Morgan fingerprint density at radius 3 is 2.86 bits per heavy atom. The number of carboxylic acids is 1. The van der Waals surface area contributed by atoms with Gasteiger partial charge >= 0.3 is 5.97 Å². The van der Waals surface area contributed by atoms with E-state index in [1.54, 1.807) is 0 Å². The normalized spacial score (nSPS) is 14.1. The van der Waals surface area contributed by atoms with Crippen LogP contribution in [-0.4, -0.2) is 11.1 Å². The van der Waals surface area contributed by atoms with Crippen LogP contribution in [0, 0.1) is 5.82 Å². The van der Waals surface area contributed by atoms with E-state index in [0.29, 0.717) is 12.0 Å². The van der Waals surface area contributed by atoms with Crippen LogP contribution in [0.4, 0.5) is 4.39 Å². The number of benzene rings is 1. The molecule has 1 aromatic rings. The van der Waals surface area contributed by atoms with Gasteiger partial charge in [0.05, 0.1) is 10.6 Å². The number of hydrogen-bond acceptors (Lipinski definition) is 1. The number of aromatic carboxylic acids is 1. The number of rotatable bonds is 1. The summed E-state index contributed by atoms with van der Waals surface area (Å²) in [7, 11) is 0. The lowest BCUT2D eigenvalue weighted by Crippen LogP contribution is -2.05. The van der Waals surface area contributed by atoms with Crippen LogP contribution in [0.3, 0.4) is 0 Å². The molecule has 0 aromatic heterocycles. The molecule has 0 bridgehead atoms. The van der Waals surface area contributed by atoms with E-state index in [-0.39, 0.29) is 10.6 Å². The van der Waals surface area contributed by atoms with Crippen molar-refractivity contribution in [1.82, 2.24) is 0 Å². The van der Waals surface area contributed by atoms with Crippen molar-refractivity contribution < 1.29 is 14.3 Å². The Kier molecular flexibility index (Phi) is 2.19. The Morgan fingerprint density at radius 2 is 2.21 bits per heavy atom. The molecule has 1 aliphatic rings. The third-order valence-electron chi connectivity index (χ3n) is 2.51. The number of carboxylic acid groups (broad SMARTS) is 1. The van der Waals surface area contributed by atoms with Gasteiger partial charge in [-0.05, 0) is 36.5 Å². The van der Waals surface area contributed by atoms with E-state index >= 15 is 0 Å². The van der Waals surface area contributed by atoms with Gasteiger partial charge in [0.2, 0.25) is 0 Å². The van der Waals surface area contributed by atoms with Crippen LogP contribution in [0.1, 0.15) is 27.9 Å². The Morgan fingerprint density at radius 1 is 1.50 bits per heavy atom. The zero-order valence-electron chi connectivity index (χ0n) is 7.31. The maximum atomic E-state index is 13.2. The first-order valence-corrected chi connectivity index (χ1v) is 4.72. The molecule has 14 heavy (non-hydrogen) atoms. The Bertz CT molecular complexity index is 415. The standard InChI is InChI=1S/C10H8ClFO2/c11-9-7(12)4-5-2-1-3-6(5)8(9)10(13)14/h4H,1-3H2,(H,13,14). The molecule has 0 radical (unpaired) electrons. The molecular weight excluding hydrogens is 207 g/mol. The second kappa shape index (κ2) is 3.24. The molecule has 0 atom stereocenters. The highest BCUT2D eigenvalue weighted by molar-refractivity contribution is 6.33. The van der Waals surface area contributed by atoms with E-state index in [1.807, 2.05) is 0 Å². The van der Waals surface area contributed by atoms with Gasteiger partial charge in [-0.15, -0.1) is 0 Å². The topological polar surface area (TPSA) is 37.3 Å². The first kappa shape index (κ1) is 9.46. The summed E-state index contributed by atoms with van der Waals surface area (Å²) in [6.45, 7) is 0. The summed E-state index contributed by atoms with van der Waals surface area (Å²) in [6, 6.07) is 1.34. The fourth-order valence-electron chi connectivity index (χ4n) is 1.90. The minimum atomic E-state index is -1.15. The van der Waals surface area contributed by atoms with Crippen molar-refractivity contribution in [3.63, 3.8) is 0 Å². The fourth-order valence-corrected chi connectivity index (χ4v) is 2.15. The minimum Gasteiger partial charge on any atom is -0.478 e. The number of aryl methyl sites for hydroxylation is 1.